The van der Waals surface area contributed by atoms with E-state index in [1.807, 2.05) is 62.4 Å². The number of hydrogen-bond donors (Lipinski definition) is 0. The first-order chi connectivity index (χ1) is 22.5. The van der Waals surface area contributed by atoms with Crippen LogP contribution in [0.4, 0.5) is 0 Å². The zero-order valence-electron chi connectivity index (χ0n) is 29.0. The molecule has 0 heterocycles. The maximum absolute atomic E-state index is 11.9. The van der Waals surface area contributed by atoms with Gasteiger partial charge in [-0.2, -0.15) is 0 Å². The Hall–Kier alpha value is -1.92. The Kier molecular flexibility index (Phi) is 24.6. The summed E-state index contributed by atoms with van der Waals surface area (Å²) in [6, 6.07) is 15.3. The van der Waals surface area contributed by atoms with E-state index in [2.05, 4.69) is 21.6 Å². The van der Waals surface area contributed by atoms with E-state index >= 15 is 0 Å². The predicted molar refractivity (Wildman–Crippen MR) is 200 cm³/mol. The molecule has 0 saturated heterocycles. The molecule has 2 aromatic carbocycles. The molecular weight excluding hydrogens is 609 g/mol. The molecule has 46 heavy (non-hydrogen) atoms. The van der Waals surface area contributed by atoms with Gasteiger partial charge in [-0.05, 0) is 63.8 Å². The van der Waals surface area contributed by atoms with Gasteiger partial charge in [0.1, 0.15) is 11.5 Å². The third-order valence-corrected chi connectivity index (χ3v) is 10.9. The highest BCUT2D eigenvalue weighted by molar-refractivity contribution is 8.76. The lowest BCUT2D eigenvalue weighted by Gasteiger charge is -2.05. The summed E-state index contributed by atoms with van der Waals surface area (Å²) < 4.78 is 10.8. The number of esters is 2. The molecule has 0 amide bonds. The van der Waals surface area contributed by atoms with Crippen LogP contribution in [0, 0.1) is 13.8 Å². The molecule has 2 rings (SSSR count). The highest BCUT2D eigenvalue weighted by atomic mass is 33.1. The summed E-state index contributed by atoms with van der Waals surface area (Å²) in [5, 5.41) is 0. The molecule has 6 heteroatoms. The van der Waals surface area contributed by atoms with Gasteiger partial charge in [0.2, 0.25) is 0 Å². The molecule has 2 aromatic rings. The number of carbonyl (C=O) groups is 2. The Morgan fingerprint density at radius 3 is 0.978 bits per heavy atom. The van der Waals surface area contributed by atoms with Crippen molar-refractivity contribution < 1.29 is 19.1 Å². The van der Waals surface area contributed by atoms with E-state index in [9.17, 15) is 9.59 Å². The quantitative estimate of drug-likeness (QED) is 0.0371. The van der Waals surface area contributed by atoms with Gasteiger partial charge in [-0.3, -0.25) is 9.59 Å². The second-order valence-electron chi connectivity index (χ2n) is 12.8. The normalized spacial score (nSPS) is 11.1. The molecule has 0 aliphatic rings. The second-order valence-corrected chi connectivity index (χ2v) is 15.5. The molecule has 0 spiro atoms. The summed E-state index contributed by atoms with van der Waals surface area (Å²) in [5.74, 6) is 3.67. The molecule has 0 saturated carbocycles. The molecule has 0 N–H and O–H groups in total. The SMILES string of the molecule is Cc1ccc(OC(=O)CCCCCCCCCCCCSSCCCCCCCCCCCCC(=O)Oc2ccc(C)cc2)cc1. The average molecular weight is 671 g/mol. The number of aryl methyl sites for hydroxylation is 2. The third-order valence-electron chi connectivity index (χ3n) is 8.31. The highest BCUT2D eigenvalue weighted by Crippen LogP contribution is 2.25. The van der Waals surface area contributed by atoms with E-state index in [0.717, 1.165) is 25.7 Å². The maximum Gasteiger partial charge on any atom is 0.311 e. The molecule has 0 aromatic heterocycles. The van der Waals surface area contributed by atoms with Crippen molar-refractivity contribution in [1.29, 1.82) is 0 Å². The maximum atomic E-state index is 11.9. The van der Waals surface area contributed by atoms with Crippen molar-refractivity contribution in [3.05, 3.63) is 59.7 Å². The lowest BCUT2D eigenvalue weighted by atomic mass is 10.1. The largest absolute Gasteiger partial charge is 0.427 e. The fraction of sp³-hybridized carbons (Fsp3) is 0.650. The monoisotopic (exact) mass is 670 g/mol. The van der Waals surface area contributed by atoms with Crippen LogP contribution in [0.2, 0.25) is 0 Å². The summed E-state index contributed by atoms with van der Waals surface area (Å²) in [6.07, 6.45) is 26.5. The molecule has 0 atom stereocenters. The van der Waals surface area contributed by atoms with E-state index in [1.165, 1.54) is 125 Å². The number of ether oxygens (including phenoxy) is 2. The van der Waals surface area contributed by atoms with Crippen LogP contribution in [-0.2, 0) is 9.59 Å². The topological polar surface area (TPSA) is 52.6 Å². The van der Waals surface area contributed by atoms with Crippen LogP contribution in [-0.4, -0.2) is 23.4 Å². The van der Waals surface area contributed by atoms with E-state index < -0.39 is 0 Å². The predicted octanol–water partition coefficient (Wildman–Crippen LogP) is 12.8. The van der Waals surface area contributed by atoms with Gasteiger partial charge in [0.15, 0.2) is 0 Å². The number of unbranched alkanes of at least 4 members (excludes halogenated alkanes) is 18. The van der Waals surface area contributed by atoms with Gasteiger partial charge >= 0.3 is 11.9 Å². The molecule has 4 nitrogen and oxygen atoms in total. The standard InChI is InChI=1S/C40H62O4S2/c1-35-25-29-37(30-26-35)43-39(41)23-19-15-11-7-3-5-9-13-17-21-33-45-46-34-22-18-14-10-6-4-8-12-16-20-24-40(42)44-38-31-27-36(2)28-32-38/h25-32H,3-24,33-34H2,1-2H3. The fourth-order valence-corrected chi connectivity index (χ4v) is 7.68. The Bertz CT molecular complexity index is 939. The minimum absolute atomic E-state index is 0.112. The van der Waals surface area contributed by atoms with E-state index in [-0.39, 0.29) is 11.9 Å². The number of benzene rings is 2. The van der Waals surface area contributed by atoms with E-state index in [0.29, 0.717) is 24.3 Å². The summed E-state index contributed by atoms with van der Waals surface area (Å²) in [7, 11) is 4.15. The van der Waals surface area contributed by atoms with Crippen molar-refractivity contribution in [2.45, 2.75) is 155 Å². The first kappa shape index (κ1) is 40.3. The van der Waals surface area contributed by atoms with Crippen LogP contribution in [0.1, 0.15) is 152 Å². The van der Waals surface area contributed by atoms with Crippen molar-refractivity contribution in [3.8, 4) is 11.5 Å². The summed E-state index contributed by atoms with van der Waals surface area (Å²) in [6.45, 7) is 4.06. The summed E-state index contributed by atoms with van der Waals surface area (Å²) in [5.41, 5.74) is 2.34. The first-order valence-corrected chi connectivity index (χ1v) is 20.8. The molecule has 0 aliphatic carbocycles. The van der Waals surface area contributed by atoms with Crippen LogP contribution in [0.5, 0.6) is 11.5 Å². The zero-order chi connectivity index (χ0) is 32.9. The molecular formula is C40H62O4S2. The van der Waals surface area contributed by atoms with Crippen LogP contribution in [0.15, 0.2) is 48.5 Å². The van der Waals surface area contributed by atoms with Crippen molar-refractivity contribution in [2.24, 2.45) is 0 Å². The van der Waals surface area contributed by atoms with Crippen LogP contribution >= 0.6 is 21.6 Å². The Morgan fingerprint density at radius 2 is 0.674 bits per heavy atom. The highest BCUT2D eigenvalue weighted by Gasteiger charge is 2.06. The van der Waals surface area contributed by atoms with Crippen molar-refractivity contribution >= 4 is 33.5 Å². The minimum Gasteiger partial charge on any atom is -0.427 e. The van der Waals surface area contributed by atoms with Crippen molar-refractivity contribution in [1.82, 2.24) is 0 Å². The van der Waals surface area contributed by atoms with Gasteiger partial charge in [-0.25, -0.2) is 0 Å². The molecule has 258 valence electrons. The van der Waals surface area contributed by atoms with Gasteiger partial charge in [-0.15, -0.1) is 0 Å². The van der Waals surface area contributed by atoms with Crippen LogP contribution in [0.3, 0.4) is 0 Å². The Morgan fingerprint density at radius 1 is 0.413 bits per heavy atom. The average Bonchev–Trinajstić information content (AvgIpc) is 3.05. The smallest absolute Gasteiger partial charge is 0.311 e. The Balaban J connectivity index is 1.20. The summed E-state index contributed by atoms with van der Waals surface area (Å²) >= 11 is 0. The molecule has 0 unspecified atom stereocenters. The van der Waals surface area contributed by atoms with Crippen LogP contribution < -0.4 is 9.47 Å². The molecule has 0 aliphatic heterocycles. The lowest BCUT2D eigenvalue weighted by Crippen LogP contribution is -2.07. The number of rotatable bonds is 29. The van der Waals surface area contributed by atoms with Gasteiger partial charge < -0.3 is 9.47 Å². The van der Waals surface area contributed by atoms with Gasteiger partial charge in [0.25, 0.3) is 0 Å². The molecule has 0 radical (unpaired) electrons. The van der Waals surface area contributed by atoms with Gasteiger partial charge in [0.05, 0.1) is 0 Å². The lowest BCUT2D eigenvalue weighted by molar-refractivity contribution is -0.135. The third kappa shape index (κ3) is 23.4. The number of carbonyl (C=O) groups excluding carboxylic acids is 2. The molecule has 0 bridgehead atoms. The van der Waals surface area contributed by atoms with E-state index in [4.69, 9.17) is 9.47 Å². The first-order valence-electron chi connectivity index (χ1n) is 18.3. The van der Waals surface area contributed by atoms with Gasteiger partial charge in [-0.1, -0.05) is 160 Å². The Labute approximate surface area is 289 Å². The van der Waals surface area contributed by atoms with Crippen molar-refractivity contribution in [3.63, 3.8) is 0 Å². The second kappa shape index (κ2) is 28.1. The van der Waals surface area contributed by atoms with Gasteiger partial charge in [0, 0.05) is 24.3 Å². The van der Waals surface area contributed by atoms with E-state index in [1.54, 1.807) is 0 Å². The molecule has 0 fully saturated rings. The zero-order valence-corrected chi connectivity index (χ0v) is 30.7. The minimum atomic E-state index is -0.112. The van der Waals surface area contributed by atoms with Crippen molar-refractivity contribution in [2.75, 3.05) is 11.5 Å². The summed E-state index contributed by atoms with van der Waals surface area (Å²) in [4.78, 5) is 23.9. The number of hydrogen-bond acceptors (Lipinski definition) is 6. The van der Waals surface area contributed by atoms with Crippen LogP contribution in [0.25, 0.3) is 0 Å². The fourth-order valence-electron chi connectivity index (χ4n) is 5.38.